The maximum Gasteiger partial charge on any atom is 0.242 e. The molecule has 0 amide bonds. The fourth-order valence-electron chi connectivity index (χ4n) is 3.10. The molecular weight excluding hydrogens is 374 g/mol. The second-order valence-electron chi connectivity index (χ2n) is 6.41. The maximum absolute atomic E-state index is 12.9. The Labute approximate surface area is 159 Å². The summed E-state index contributed by atoms with van der Waals surface area (Å²) in [6, 6.07) is 10.7. The standard InChI is InChI=1S/C19H22ClNO4S/c1-13-10-15-11-16(12-17(20)19(15)25-13)26(22,23)21(2)9-8-14-6-4-5-7-18(14)24-3/h4-7,11-13H,8-10H2,1-3H3. The van der Waals surface area contributed by atoms with E-state index in [2.05, 4.69) is 0 Å². The first-order chi connectivity index (χ1) is 12.3. The Balaban J connectivity index is 1.80. The number of rotatable bonds is 6. The van der Waals surface area contributed by atoms with E-state index in [9.17, 15) is 8.42 Å². The number of halogens is 1. The first-order valence-corrected chi connectivity index (χ1v) is 10.2. The number of ether oxygens (including phenoxy) is 2. The van der Waals surface area contributed by atoms with Crippen LogP contribution in [0.3, 0.4) is 0 Å². The Bertz CT molecular complexity index is 914. The van der Waals surface area contributed by atoms with E-state index in [-0.39, 0.29) is 11.0 Å². The molecule has 0 bridgehead atoms. The number of likely N-dealkylation sites (N-methyl/N-ethyl adjacent to an activating group) is 1. The average Bonchev–Trinajstić information content (AvgIpc) is 3.00. The lowest BCUT2D eigenvalue weighted by Gasteiger charge is -2.18. The number of benzene rings is 2. The topological polar surface area (TPSA) is 55.8 Å². The van der Waals surface area contributed by atoms with Gasteiger partial charge in [-0.15, -0.1) is 0 Å². The molecule has 2 aromatic carbocycles. The van der Waals surface area contributed by atoms with Gasteiger partial charge in [-0.2, -0.15) is 0 Å². The van der Waals surface area contributed by atoms with Crippen molar-refractivity contribution in [1.29, 1.82) is 0 Å². The molecule has 1 aliphatic heterocycles. The smallest absolute Gasteiger partial charge is 0.242 e. The van der Waals surface area contributed by atoms with E-state index in [1.165, 1.54) is 10.4 Å². The number of hydrogen-bond donors (Lipinski definition) is 0. The van der Waals surface area contributed by atoms with Crippen LogP contribution in [0, 0.1) is 0 Å². The highest BCUT2D eigenvalue weighted by Gasteiger charge is 2.28. The molecule has 0 aromatic heterocycles. The summed E-state index contributed by atoms with van der Waals surface area (Å²) in [7, 11) is -0.457. The minimum Gasteiger partial charge on any atom is -0.496 e. The van der Waals surface area contributed by atoms with Crippen molar-refractivity contribution >= 4 is 21.6 Å². The molecule has 0 saturated heterocycles. The van der Waals surface area contributed by atoms with Gasteiger partial charge in [0.1, 0.15) is 17.6 Å². The Morgan fingerprint density at radius 1 is 1.31 bits per heavy atom. The number of methoxy groups -OCH3 is 1. The molecule has 3 rings (SSSR count). The van der Waals surface area contributed by atoms with Crippen LogP contribution in [0.4, 0.5) is 0 Å². The summed E-state index contributed by atoms with van der Waals surface area (Å²) in [5.74, 6) is 1.35. The molecule has 7 heteroatoms. The molecule has 1 aliphatic rings. The van der Waals surface area contributed by atoms with Gasteiger partial charge in [-0.3, -0.25) is 0 Å². The zero-order valence-electron chi connectivity index (χ0n) is 15.0. The van der Waals surface area contributed by atoms with Gasteiger partial charge >= 0.3 is 0 Å². The van der Waals surface area contributed by atoms with Gasteiger partial charge < -0.3 is 9.47 Å². The normalized spacial score (nSPS) is 16.4. The van der Waals surface area contributed by atoms with Crippen molar-refractivity contribution in [1.82, 2.24) is 4.31 Å². The number of para-hydroxylation sites is 1. The summed E-state index contributed by atoms with van der Waals surface area (Å²) in [5, 5.41) is 0.337. The van der Waals surface area contributed by atoms with E-state index >= 15 is 0 Å². The van der Waals surface area contributed by atoms with Gasteiger partial charge in [0.05, 0.1) is 17.0 Å². The van der Waals surface area contributed by atoms with Crippen LogP contribution in [0.25, 0.3) is 0 Å². The fourth-order valence-corrected chi connectivity index (χ4v) is 4.69. The summed E-state index contributed by atoms with van der Waals surface area (Å²) in [4.78, 5) is 0.196. The molecule has 0 spiro atoms. The molecule has 1 atom stereocenters. The molecule has 0 fully saturated rings. The van der Waals surface area contributed by atoms with Gasteiger partial charge in [0, 0.05) is 25.6 Å². The fraction of sp³-hybridized carbons (Fsp3) is 0.368. The second kappa shape index (κ2) is 7.47. The van der Waals surface area contributed by atoms with Crippen molar-refractivity contribution < 1.29 is 17.9 Å². The van der Waals surface area contributed by atoms with Crippen molar-refractivity contribution in [2.24, 2.45) is 0 Å². The molecule has 5 nitrogen and oxygen atoms in total. The monoisotopic (exact) mass is 395 g/mol. The average molecular weight is 396 g/mol. The van der Waals surface area contributed by atoms with Crippen molar-refractivity contribution in [2.45, 2.75) is 30.8 Å². The van der Waals surface area contributed by atoms with Gasteiger partial charge in [0.25, 0.3) is 0 Å². The third-order valence-corrected chi connectivity index (χ3v) is 6.63. The zero-order valence-corrected chi connectivity index (χ0v) is 16.6. The van der Waals surface area contributed by atoms with Crippen LogP contribution in [0.1, 0.15) is 18.1 Å². The summed E-state index contributed by atoms with van der Waals surface area (Å²) in [6.45, 7) is 2.27. The third kappa shape index (κ3) is 3.68. The molecule has 140 valence electrons. The second-order valence-corrected chi connectivity index (χ2v) is 8.87. The maximum atomic E-state index is 12.9. The molecule has 0 radical (unpaired) electrons. The molecule has 1 heterocycles. The van der Waals surface area contributed by atoms with Crippen molar-refractivity contribution in [2.75, 3.05) is 20.7 Å². The van der Waals surface area contributed by atoms with Gasteiger partial charge in [0.15, 0.2) is 0 Å². The molecule has 0 N–H and O–H groups in total. The number of fused-ring (bicyclic) bond motifs is 1. The Morgan fingerprint density at radius 2 is 2.04 bits per heavy atom. The van der Waals surface area contributed by atoms with Gasteiger partial charge in [0.2, 0.25) is 10.0 Å². The quantitative estimate of drug-likeness (QED) is 0.750. The molecular formula is C19H22ClNO4S. The van der Waals surface area contributed by atoms with Gasteiger partial charge in [-0.1, -0.05) is 29.8 Å². The van der Waals surface area contributed by atoms with Crippen LogP contribution in [0.5, 0.6) is 11.5 Å². The van der Waals surface area contributed by atoms with Crippen LogP contribution < -0.4 is 9.47 Å². The zero-order chi connectivity index (χ0) is 18.9. The Kier molecular flexibility index (Phi) is 5.46. The number of nitrogens with zero attached hydrogens (tertiary/aromatic N) is 1. The van der Waals surface area contributed by atoms with E-state index < -0.39 is 10.0 Å². The lowest BCUT2D eigenvalue weighted by atomic mass is 10.1. The molecule has 2 aromatic rings. The minimum atomic E-state index is -3.64. The summed E-state index contributed by atoms with van der Waals surface area (Å²) in [6.07, 6.45) is 1.21. The van der Waals surface area contributed by atoms with Crippen molar-refractivity contribution in [3.8, 4) is 11.5 Å². The van der Waals surface area contributed by atoms with E-state index in [1.807, 2.05) is 31.2 Å². The van der Waals surface area contributed by atoms with E-state index in [0.717, 1.165) is 16.9 Å². The largest absolute Gasteiger partial charge is 0.496 e. The molecule has 26 heavy (non-hydrogen) atoms. The Hall–Kier alpha value is -1.76. The lowest BCUT2D eigenvalue weighted by molar-refractivity contribution is 0.255. The number of hydrogen-bond acceptors (Lipinski definition) is 4. The third-order valence-electron chi connectivity index (χ3n) is 4.52. The SMILES string of the molecule is COc1ccccc1CCN(C)S(=O)(=O)c1cc(Cl)c2c(c1)CC(C)O2. The summed E-state index contributed by atoms with van der Waals surface area (Å²) >= 11 is 6.24. The lowest BCUT2D eigenvalue weighted by Crippen LogP contribution is -2.29. The molecule has 0 aliphatic carbocycles. The van der Waals surface area contributed by atoms with Crippen LogP contribution in [-0.4, -0.2) is 39.5 Å². The van der Waals surface area contributed by atoms with Crippen molar-refractivity contribution in [3.63, 3.8) is 0 Å². The van der Waals surface area contributed by atoms with E-state index in [1.54, 1.807) is 20.2 Å². The van der Waals surface area contributed by atoms with E-state index in [0.29, 0.717) is 30.2 Å². The van der Waals surface area contributed by atoms with Gasteiger partial charge in [-0.05, 0) is 37.1 Å². The predicted octanol–water partition coefficient (Wildman–Crippen LogP) is 3.54. The first kappa shape index (κ1) is 19.0. The first-order valence-electron chi connectivity index (χ1n) is 8.40. The van der Waals surface area contributed by atoms with Crippen LogP contribution in [-0.2, 0) is 22.9 Å². The highest BCUT2D eigenvalue weighted by atomic mass is 35.5. The van der Waals surface area contributed by atoms with Crippen LogP contribution >= 0.6 is 11.6 Å². The van der Waals surface area contributed by atoms with E-state index in [4.69, 9.17) is 21.1 Å². The van der Waals surface area contributed by atoms with Crippen LogP contribution in [0.2, 0.25) is 5.02 Å². The van der Waals surface area contributed by atoms with Gasteiger partial charge in [-0.25, -0.2) is 12.7 Å². The van der Waals surface area contributed by atoms with Crippen LogP contribution in [0.15, 0.2) is 41.3 Å². The predicted molar refractivity (Wildman–Crippen MR) is 102 cm³/mol. The van der Waals surface area contributed by atoms with Crippen molar-refractivity contribution in [3.05, 3.63) is 52.5 Å². The molecule has 1 unspecified atom stereocenters. The highest BCUT2D eigenvalue weighted by molar-refractivity contribution is 7.89. The summed E-state index contributed by atoms with van der Waals surface area (Å²) in [5.41, 5.74) is 1.80. The number of sulfonamides is 1. The Morgan fingerprint density at radius 3 is 2.77 bits per heavy atom. The molecule has 0 saturated carbocycles. The minimum absolute atomic E-state index is 0.00345. The highest BCUT2D eigenvalue weighted by Crippen LogP contribution is 2.38. The summed E-state index contributed by atoms with van der Waals surface area (Å²) < 4.78 is 38.2.